The molecule has 0 aliphatic heterocycles. The number of nitriles is 1. The molecule has 0 atom stereocenters. The fourth-order valence-corrected chi connectivity index (χ4v) is 3.77. The Morgan fingerprint density at radius 3 is 1.11 bits per heavy atom. The summed E-state index contributed by atoms with van der Waals surface area (Å²) in [6.07, 6.45) is 34.3. The molecule has 0 fully saturated rings. The van der Waals surface area contributed by atoms with Gasteiger partial charge in [-0.2, -0.15) is 10.3 Å². The van der Waals surface area contributed by atoms with Gasteiger partial charge in [0.05, 0.1) is 0 Å². The molecule has 0 radical (unpaired) electrons. The van der Waals surface area contributed by atoms with E-state index in [4.69, 9.17) is 5.26 Å². The second kappa shape index (κ2) is 25.2. The minimum atomic E-state index is 0.965. The minimum Gasteiger partial charge on any atom is -0.186 e. The first kappa shape index (κ1) is 26.2. The fourth-order valence-electron chi connectivity index (χ4n) is 3.77. The van der Waals surface area contributed by atoms with E-state index in [1.807, 2.05) is 0 Å². The van der Waals surface area contributed by atoms with Crippen molar-refractivity contribution in [3.63, 3.8) is 0 Å². The van der Waals surface area contributed by atoms with Crippen molar-refractivity contribution in [1.29, 1.82) is 5.26 Å². The van der Waals surface area contributed by atoms with Gasteiger partial charge >= 0.3 is 0 Å². The standard InChI is InChI=1S/C25H48N2/c1-2-3-4-5-6-7-8-9-10-11-12-13-14-15-16-17-18-19-20-21-22-23-24-27-25-26/h24H,2-23H2,1H3. The second-order valence-electron chi connectivity index (χ2n) is 8.27. The lowest BCUT2D eigenvalue weighted by atomic mass is 10.0. The van der Waals surface area contributed by atoms with Gasteiger partial charge in [-0.15, -0.1) is 0 Å². The van der Waals surface area contributed by atoms with Crippen LogP contribution in [0.25, 0.3) is 0 Å². The Kier molecular flexibility index (Phi) is 24.4. The molecule has 0 aromatic rings. The predicted octanol–water partition coefficient (Wildman–Crippen LogP) is 9.14. The zero-order valence-corrected chi connectivity index (χ0v) is 18.5. The van der Waals surface area contributed by atoms with Gasteiger partial charge in [-0.3, -0.25) is 0 Å². The van der Waals surface area contributed by atoms with Crippen molar-refractivity contribution in [3.8, 4) is 6.19 Å². The average molecular weight is 377 g/mol. The highest BCUT2D eigenvalue weighted by atomic mass is 14.7. The highest BCUT2D eigenvalue weighted by Gasteiger charge is 1.95. The van der Waals surface area contributed by atoms with Crippen LogP contribution in [0.2, 0.25) is 0 Å². The van der Waals surface area contributed by atoms with Crippen molar-refractivity contribution in [2.45, 2.75) is 148 Å². The van der Waals surface area contributed by atoms with Crippen molar-refractivity contribution < 1.29 is 0 Å². The maximum Gasteiger partial charge on any atom is 0.205 e. The summed E-state index contributed by atoms with van der Waals surface area (Å²) < 4.78 is 0. The van der Waals surface area contributed by atoms with Gasteiger partial charge in [-0.25, -0.2) is 0 Å². The molecule has 0 saturated heterocycles. The Hall–Kier alpha value is -0.840. The van der Waals surface area contributed by atoms with E-state index in [1.54, 1.807) is 12.4 Å². The topological polar surface area (TPSA) is 36.1 Å². The first-order chi connectivity index (χ1) is 13.4. The Balaban J connectivity index is 2.99. The van der Waals surface area contributed by atoms with Gasteiger partial charge in [0.2, 0.25) is 6.19 Å². The third-order valence-corrected chi connectivity index (χ3v) is 5.59. The van der Waals surface area contributed by atoms with Crippen molar-refractivity contribution in [2.24, 2.45) is 4.99 Å². The first-order valence-electron chi connectivity index (χ1n) is 12.3. The summed E-state index contributed by atoms with van der Waals surface area (Å²) in [5.41, 5.74) is 0. The molecular formula is C25H48N2. The lowest BCUT2D eigenvalue weighted by molar-refractivity contribution is 0.521. The average Bonchev–Trinajstić information content (AvgIpc) is 2.68. The van der Waals surface area contributed by atoms with Crippen molar-refractivity contribution in [2.75, 3.05) is 0 Å². The number of hydrogen-bond acceptors (Lipinski definition) is 2. The van der Waals surface area contributed by atoms with Crippen LogP contribution in [-0.4, -0.2) is 6.21 Å². The number of hydrogen-bond donors (Lipinski definition) is 0. The van der Waals surface area contributed by atoms with Crippen LogP contribution in [0.5, 0.6) is 0 Å². The van der Waals surface area contributed by atoms with Gasteiger partial charge < -0.3 is 0 Å². The van der Waals surface area contributed by atoms with Gasteiger partial charge in [-0.05, 0) is 12.8 Å². The van der Waals surface area contributed by atoms with Crippen LogP contribution in [-0.2, 0) is 0 Å². The summed E-state index contributed by atoms with van der Waals surface area (Å²) in [7, 11) is 0. The first-order valence-corrected chi connectivity index (χ1v) is 12.3. The largest absolute Gasteiger partial charge is 0.205 e. The van der Waals surface area contributed by atoms with Gasteiger partial charge in [0.1, 0.15) is 0 Å². The molecule has 0 aromatic carbocycles. The van der Waals surface area contributed by atoms with E-state index in [0.29, 0.717) is 0 Å². The lowest BCUT2D eigenvalue weighted by Crippen LogP contribution is -1.84. The summed E-state index contributed by atoms with van der Waals surface area (Å²) in [6.45, 7) is 2.29. The molecule has 0 spiro atoms. The maximum absolute atomic E-state index is 8.29. The molecule has 0 bridgehead atoms. The van der Waals surface area contributed by atoms with Crippen molar-refractivity contribution >= 4 is 6.21 Å². The van der Waals surface area contributed by atoms with Gasteiger partial charge in [0, 0.05) is 6.21 Å². The van der Waals surface area contributed by atoms with E-state index in [2.05, 4.69) is 11.9 Å². The minimum absolute atomic E-state index is 0.965. The highest BCUT2D eigenvalue weighted by Crippen LogP contribution is 2.15. The summed E-state index contributed by atoms with van der Waals surface area (Å²) in [4.78, 5) is 3.57. The van der Waals surface area contributed by atoms with Crippen LogP contribution in [0.15, 0.2) is 4.99 Å². The SMILES string of the molecule is CCCCCCCCCCCCCCCCCCCCCCCC=NC#N. The molecule has 158 valence electrons. The van der Waals surface area contributed by atoms with E-state index in [0.717, 1.165) is 6.42 Å². The van der Waals surface area contributed by atoms with Crippen LogP contribution in [0, 0.1) is 11.5 Å². The van der Waals surface area contributed by atoms with E-state index < -0.39 is 0 Å². The van der Waals surface area contributed by atoms with Crippen LogP contribution in [0.3, 0.4) is 0 Å². The highest BCUT2D eigenvalue weighted by molar-refractivity contribution is 5.58. The van der Waals surface area contributed by atoms with Gasteiger partial charge in [0.25, 0.3) is 0 Å². The zero-order chi connectivity index (χ0) is 19.7. The summed E-state index contributed by atoms with van der Waals surface area (Å²) >= 11 is 0. The molecule has 0 aromatic heterocycles. The monoisotopic (exact) mass is 376 g/mol. The number of rotatable bonds is 22. The molecule has 0 amide bonds. The number of aliphatic imine (C=N–C) groups is 1. The van der Waals surface area contributed by atoms with E-state index in [1.165, 1.54) is 135 Å². The van der Waals surface area contributed by atoms with Gasteiger partial charge in [-0.1, -0.05) is 135 Å². The van der Waals surface area contributed by atoms with Crippen LogP contribution < -0.4 is 0 Å². The smallest absolute Gasteiger partial charge is 0.186 e. The maximum atomic E-state index is 8.29. The normalized spacial score (nSPS) is 11.3. The fraction of sp³-hybridized carbons (Fsp3) is 0.920. The number of unbranched alkanes of at least 4 members (excludes halogenated alkanes) is 21. The third kappa shape index (κ3) is 25.2. The third-order valence-electron chi connectivity index (χ3n) is 5.59. The van der Waals surface area contributed by atoms with E-state index in [-0.39, 0.29) is 0 Å². The van der Waals surface area contributed by atoms with Crippen molar-refractivity contribution in [1.82, 2.24) is 0 Å². The summed E-state index contributed by atoms with van der Waals surface area (Å²) in [6, 6.07) is 0. The summed E-state index contributed by atoms with van der Waals surface area (Å²) in [5, 5.41) is 8.29. The second-order valence-corrected chi connectivity index (χ2v) is 8.27. The molecule has 0 saturated carbocycles. The molecule has 2 heteroatoms. The number of nitrogens with zero attached hydrogens (tertiary/aromatic N) is 2. The predicted molar refractivity (Wildman–Crippen MR) is 121 cm³/mol. The van der Waals surface area contributed by atoms with Crippen LogP contribution >= 0.6 is 0 Å². The van der Waals surface area contributed by atoms with Crippen molar-refractivity contribution in [3.05, 3.63) is 0 Å². The van der Waals surface area contributed by atoms with Crippen LogP contribution in [0.4, 0.5) is 0 Å². The quantitative estimate of drug-likeness (QED) is 0.105. The molecule has 0 N–H and O–H groups in total. The molecule has 0 aliphatic rings. The molecule has 0 aliphatic carbocycles. The van der Waals surface area contributed by atoms with E-state index in [9.17, 15) is 0 Å². The van der Waals surface area contributed by atoms with E-state index >= 15 is 0 Å². The molecule has 0 heterocycles. The Bertz CT molecular complexity index is 330. The molecule has 2 nitrogen and oxygen atoms in total. The Labute approximate surface area is 171 Å². The molecule has 0 rings (SSSR count). The molecule has 0 unspecified atom stereocenters. The zero-order valence-electron chi connectivity index (χ0n) is 18.5. The summed E-state index contributed by atoms with van der Waals surface area (Å²) in [5.74, 6) is 0. The Morgan fingerprint density at radius 2 is 0.815 bits per heavy atom. The van der Waals surface area contributed by atoms with Gasteiger partial charge in [0.15, 0.2) is 0 Å². The van der Waals surface area contributed by atoms with Crippen LogP contribution in [0.1, 0.15) is 148 Å². The lowest BCUT2D eigenvalue weighted by Gasteiger charge is -2.04. The molecule has 27 heavy (non-hydrogen) atoms. The Morgan fingerprint density at radius 1 is 0.519 bits per heavy atom. The molecular weight excluding hydrogens is 328 g/mol.